The summed E-state index contributed by atoms with van der Waals surface area (Å²) in [5, 5.41) is 9.60. The van der Waals surface area contributed by atoms with Gasteiger partial charge in [-0.15, -0.1) is 13.2 Å². The van der Waals surface area contributed by atoms with Crippen molar-refractivity contribution < 1.29 is 23.0 Å². The number of hydrogen-bond donors (Lipinski definition) is 1. The van der Waals surface area contributed by atoms with Crippen molar-refractivity contribution in [1.82, 2.24) is 0 Å². The standard InChI is InChI=1S/C13H11F3O2/c1-3-5-9(4-2)11-8-10(6-7-12(11)17)18-13(14,15)16/h3-8,17H,1-2H2/b9-5+. The molecule has 0 atom stereocenters. The van der Waals surface area contributed by atoms with Crippen LogP contribution in [0.25, 0.3) is 5.57 Å². The van der Waals surface area contributed by atoms with Crippen LogP contribution in [0.15, 0.2) is 49.6 Å². The van der Waals surface area contributed by atoms with Gasteiger partial charge in [0.2, 0.25) is 0 Å². The molecule has 0 fully saturated rings. The predicted octanol–water partition coefficient (Wildman–Crippen LogP) is 4.05. The lowest BCUT2D eigenvalue weighted by Gasteiger charge is -2.11. The molecule has 0 aromatic heterocycles. The van der Waals surface area contributed by atoms with Crippen molar-refractivity contribution in [2.45, 2.75) is 6.36 Å². The first-order valence-electron chi connectivity index (χ1n) is 4.91. The Morgan fingerprint density at radius 1 is 1.28 bits per heavy atom. The van der Waals surface area contributed by atoms with E-state index >= 15 is 0 Å². The van der Waals surface area contributed by atoms with Crippen molar-refractivity contribution in [2.75, 3.05) is 0 Å². The molecule has 1 aromatic rings. The van der Waals surface area contributed by atoms with Crippen LogP contribution in [0.2, 0.25) is 0 Å². The molecule has 0 bridgehead atoms. The molecule has 0 heterocycles. The fraction of sp³-hybridized carbons (Fsp3) is 0.0769. The number of phenolic OH excluding ortho intramolecular Hbond substituents is 1. The molecule has 5 heteroatoms. The van der Waals surface area contributed by atoms with Crippen LogP contribution in [-0.2, 0) is 0 Å². The maximum Gasteiger partial charge on any atom is 0.573 e. The molecule has 1 rings (SSSR count). The van der Waals surface area contributed by atoms with Crippen molar-refractivity contribution >= 4 is 5.57 Å². The third-order valence-corrected chi connectivity index (χ3v) is 2.03. The normalized spacial score (nSPS) is 12.1. The molecule has 0 saturated heterocycles. The summed E-state index contributed by atoms with van der Waals surface area (Å²) < 4.78 is 40.0. The van der Waals surface area contributed by atoms with Gasteiger partial charge in [-0.3, -0.25) is 0 Å². The zero-order valence-electron chi connectivity index (χ0n) is 9.37. The van der Waals surface area contributed by atoms with Gasteiger partial charge in [-0.2, -0.15) is 0 Å². The van der Waals surface area contributed by atoms with Crippen LogP contribution < -0.4 is 4.74 Å². The Morgan fingerprint density at radius 2 is 1.94 bits per heavy atom. The van der Waals surface area contributed by atoms with E-state index in [2.05, 4.69) is 17.9 Å². The molecule has 96 valence electrons. The summed E-state index contributed by atoms with van der Waals surface area (Å²) in [5.74, 6) is -0.579. The third-order valence-electron chi connectivity index (χ3n) is 2.03. The number of phenols is 1. The van der Waals surface area contributed by atoms with E-state index in [9.17, 15) is 18.3 Å². The Balaban J connectivity index is 3.20. The van der Waals surface area contributed by atoms with Gasteiger partial charge in [0.25, 0.3) is 0 Å². The molecule has 0 aliphatic rings. The van der Waals surface area contributed by atoms with Crippen molar-refractivity contribution in [3.63, 3.8) is 0 Å². The fourth-order valence-electron chi connectivity index (χ4n) is 1.34. The summed E-state index contributed by atoms with van der Waals surface area (Å²) in [6, 6.07) is 3.23. The van der Waals surface area contributed by atoms with Crippen LogP contribution in [0.3, 0.4) is 0 Å². The van der Waals surface area contributed by atoms with Crippen LogP contribution >= 0.6 is 0 Å². The average molecular weight is 256 g/mol. The highest BCUT2D eigenvalue weighted by Gasteiger charge is 2.31. The van der Waals surface area contributed by atoms with Gasteiger partial charge in [0.05, 0.1) is 0 Å². The van der Waals surface area contributed by atoms with Crippen molar-refractivity contribution in [2.24, 2.45) is 0 Å². The maximum atomic E-state index is 12.1. The molecule has 0 amide bonds. The van der Waals surface area contributed by atoms with Crippen molar-refractivity contribution in [3.05, 3.63) is 55.1 Å². The van der Waals surface area contributed by atoms with E-state index in [0.717, 1.165) is 18.2 Å². The Labute approximate surface area is 102 Å². The largest absolute Gasteiger partial charge is 0.573 e. The van der Waals surface area contributed by atoms with Gasteiger partial charge < -0.3 is 9.84 Å². The van der Waals surface area contributed by atoms with Crippen LogP contribution in [0.5, 0.6) is 11.5 Å². The summed E-state index contributed by atoms with van der Waals surface area (Å²) in [7, 11) is 0. The summed E-state index contributed by atoms with van der Waals surface area (Å²) in [4.78, 5) is 0. The van der Waals surface area contributed by atoms with E-state index in [4.69, 9.17) is 0 Å². The second kappa shape index (κ2) is 5.44. The number of hydrogen-bond acceptors (Lipinski definition) is 2. The number of halogens is 3. The number of alkyl halides is 3. The molecule has 18 heavy (non-hydrogen) atoms. The van der Waals surface area contributed by atoms with Gasteiger partial charge in [0.1, 0.15) is 11.5 Å². The smallest absolute Gasteiger partial charge is 0.507 e. The monoisotopic (exact) mass is 256 g/mol. The lowest BCUT2D eigenvalue weighted by atomic mass is 10.0. The Morgan fingerprint density at radius 3 is 2.44 bits per heavy atom. The molecule has 0 unspecified atom stereocenters. The fourth-order valence-corrected chi connectivity index (χ4v) is 1.34. The SMILES string of the molecule is C=C/C=C(\C=C)c1cc(OC(F)(F)F)ccc1O. The lowest BCUT2D eigenvalue weighted by molar-refractivity contribution is -0.274. The first-order chi connectivity index (χ1) is 8.37. The number of benzene rings is 1. The molecular formula is C13H11F3O2. The highest BCUT2D eigenvalue weighted by molar-refractivity contribution is 5.78. The number of aromatic hydroxyl groups is 1. The van der Waals surface area contributed by atoms with Crippen LogP contribution in [-0.4, -0.2) is 11.5 Å². The highest BCUT2D eigenvalue weighted by atomic mass is 19.4. The van der Waals surface area contributed by atoms with E-state index < -0.39 is 12.1 Å². The van der Waals surface area contributed by atoms with Gasteiger partial charge >= 0.3 is 6.36 Å². The van der Waals surface area contributed by atoms with Crippen LogP contribution in [0, 0.1) is 0 Å². The summed E-state index contributed by atoms with van der Waals surface area (Å²) in [5.41, 5.74) is 0.627. The first-order valence-corrected chi connectivity index (χ1v) is 4.91. The van der Waals surface area contributed by atoms with Gasteiger partial charge in [-0.25, -0.2) is 0 Å². The average Bonchev–Trinajstić information content (AvgIpc) is 2.27. The van der Waals surface area contributed by atoms with Gasteiger partial charge in [-0.1, -0.05) is 31.4 Å². The Hall–Kier alpha value is -2.17. The zero-order valence-corrected chi connectivity index (χ0v) is 9.37. The third kappa shape index (κ3) is 3.69. The molecule has 2 nitrogen and oxygen atoms in total. The van der Waals surface area contributed by atoms with Gasteiger partial charge in [0, 0.05) is 5.56 Å². The number of rotatable bonds is 4. The van der Waals surface area contributed by atoms with Crippen molar-refractivity contribution in [1.29, 1.82) is 0 Å². The van der Waals surface area contributed by atoms with E-state index in [0.29, 0.717) is 5.57 Å². The van der Waals surface area contributed by atoms with Crippen LogP contribution in [0.1, 0.15) is 5.56 Å². The molecule has 0 aliphatic heterocycles. The summed E-state index contributed by atoms with van der Waals surface area (Å²) in [6.07, 6.45) is -0.425. The van der Waals surface area contributed by atoms with E-state index in [1.165, 1.54) is 18.2 Å². The summed E-state index contributed by atoms with van der Waals surface area (Å²) in [6.45, 7) is 6.98. The Kier molecular flexibility index (Phi) is 4.20. The predicted molar refractivity (Wildman–Crippen MR) is 63.2 cm³/mol. The lowest BCUT2D eigenvalue weighted by Crippen LogP contribution is -2.17. The zero-order chi connectivity index (χ0) is 13.8. The minimum Gasteiger partial charge on any atom is -0.507 e. The molecule has 0 saturated carbocycles. The minimum absolute atomic E-state index is 0.169. The molecule has 0 spiro atoms. The molecular weight excluding hydrogens is 245 g/mol. The quantitative estimate of drug-likeness (QED) is 0.823. The van der Waals surface area contributed by atoms with Gasteiger partial charge in [0.15, 0.2) is 0 Å². The minimum atomic E-state index is -4.77. The second-order valence-corrected chi connectivity index (χ2v) is 3.29. The topological polar surface area (TPSA) is 29.5 Å². The highest BCUT2D eigenvalue weighted by Crippen LogP contribution is 2.32. The van der Waals surface area contributed by atoms with E-state index in [1.807, 2.05) is 0 Å². The maximum absolute atomic E-state index is 12.1. The molecule has 0 radical (unpaired) electrons. The van der Waals surface area contributed by atoms with Crippen LogP contribution in [0.4, 0.5) is 13.2 Å². The second-order valence-electron chi connectivity index (χ2n) is 3.29. The Bertz CT molecular complexity index is 487. The number of allylic oxidation sites excluding steroid dienone is 4. The number of ether oxygens (including phenoxy) is 1. The summed E-state index contributed by atoms with van der Waals surface area (Å²) >= 11 is 0. The van der Waals surface area contributed by atoms with E-state index in [-0.39, 0.29) is 11.3 Å². The van der Waals surface area contributed by atoms with Gasteiger partial charge in [-0.05, 0) is 23.8 Å². The molecule has 1 N–H and O–H groups in total. The molecule has 0 aliphatic carbocycles. The molecule has 1 aromatic carbocycles. The first kappa shape index (κ1) is 13.9. The van der Waals surface area contributed by atoms with Crippen molar-refractivity contribution in [3.8, 4) is 11.5 Å². The van der Waals surface area contributed by atoms with E-state index in [1.54, 1.807) is 0 Å².